The van der Waals surface area contributed by atoms with Crippen LogP contribution in [-0.4, -0.2) is 49.6 Å². The molecule has 0 aliphatic rings. The Hall–Kier alpha value is -2.57. The number of anilines is 1. The molecular formula is C16H23N3O4. The van der Waals surface area contributed by atoms with Crippen LogP contribution < -0.4 is 10.6 Å². The van der Waals surface area contributed by atoms with E-state index in [4.69, 9.17) is 4.74 Å². The molecule has 23 heavy (non-hydrogen) atoms. The van der Waals surface area contributed by atoms with Crippen LogP contribution in [0.25, 0.3) is 0 Å². The number of hydrogen-bond acceptors (Lipinski definition) is 4. The van der Waals surface area contributed by atoms with Crippen molar-refractivity contribution < 1.29 is 19.1 Å². The average Bonchev–Trinajstić information content (AvgIpc) is 2.50. The van der Waals surface area contributed by atoms with Gasteiger partial charge in [-0.2, -0.15) is 0 Å². The van der Waals surface area contributed by atoms with Crippen LogP contribution in [0.4, 0.5) is 10.5 Å². The molecule has 1 aromatic carbocycles. The average molecular weight is 321 g/mol. The minimum Gasteiger partial charge on any atom is -0.454 e. The molecule has 0 unspecified atom stereocenters. The van der Waals surface area contributed by atoms with Crippen LogP contribution in [0.2, 0.25) is 0 Å². The number of benzene rings is 1. The molecule has 1 rings (SSSR count). The number of nitrogens with one attached hydrogen (secondary N) is 2. The summed E-state index contributed by atoms with van der Waals surface area (Å²) in [6, 6.07) is 7.53. The van der Waals surface area contributed by atoms with E-state index in [1.807, 2.05) is 6.07 Å². The Labute approximate surface area is 136 Å². The second-order valence-electron chi connectivity index (χ2n) is 5.58. The van der Waals surface area contributed by atoms with Gasteiger partial charge in [0.25, 0.3) is 5.91 Å². The first-order chi connectivity index (χ1) is 10.8. The molecule has 0 saturated carbocycles. The van der Waals surface area contributed by atoms with Gasteiger partial charge in [0.15, 0.2) is 6.61 Å². The van der Waals surface area contributed by atoms with Crippen LogP contribution in [0.5, 0.6) is 0 Å². The Balaban J connectivity index is 2.58. The summed E-state index contributed by atoms with van der Waals surface area (Å²) in [4.78, 5) is 36.8. The molecule has 3 amide bonds. The zero-order valence-electron chi connectivity index (χ0n) is 13.8. The van der Waals surface area contributed by atoms with Gasteiger partial charge in [-0.3, -0.25) is 4.79 Å². The molecule has 0 heterocycles. The Morgan fingerprint density at radius 1 is 1.13 bits per heavy atom. The molecule has 0 saturated heterocycles. The maximum atomic E-state index is 12.1. The second kappa shape index (κ2) is 8.77. The summed E-state index contributed by atoms with van der Waals surface area (Å²) < 4.78 is 4.97. The number of urea groups is 1. The van der Waals surface area contributed by atoms with Gasteiger partial charge in [-0.1, -0.05) is 32.0 Å². The molecule has 0 aliphatic carbocycles. The van der Waals surface area contributed by atoms with Crippen molar-refractivity contribution in [2.45, 2.75) is 19.9 Å². The number of likely N-dealkylation sites (N-methyl/N-ethyl adjacent to an activating group) is 1. The molecule has 0 bridgehead atoms. The molecule has 1 atom stereocenters. The van der Waals surface area contributed by atoms with Crippen molar-refractivity contribution in [2.75, 3.05) is 26.0 Å². The molecule has 0 spiro atoms. The maximum absolute atomic E-state index is 12.1. The number of carbonyl (C=O) groups is 3. The van der Waals surface area contributed by atoms with Crippen molar-refractivity contribution in [1.29, 1.82) is 0 Å². The van der Waals surface area contributed by atoms with Gasteiger partial charge in [-0.25, -0.2) is 9.59 Å². The van der Waals surface area contributed by atoms with Crippen LogP contribution >= 0.6 is 0 Å². The highest BCUT2D eigenvalue weighted by Crippen LogP contribution is 2.07. The Kier molecular flexibility index (Phi) is 7.05. The lowest BCUT2D eigenvalue weighted by atomic mass is 10.1. The molecule has 7 heteroatoms. The molecule has 0 aromatic heterocycles. The van der Waals surface area contributed by atoms with E-state index in [1.54, 1.807) is 52.2 Å². The standard InChI is InChI=1S/C16H23N3O4/c1-11(2)14(15(21)23-10-13(20)19(3)4)18-16(22)17-12-8-6-5-7-9-12/h5-9,11,14H,10H2,1-4H3,(H2,17,18,22)/t14-/m0/s1. The van der Waals surface area contributed by atoms with Gasteiger partial charge in [0.2, 0.25) is 0 Å². The third-order valence-electron chi connectivity index (χ3n) is 3.08. The summed E-state index contributed by atoms with van der Waals surface area (Å²) in [5, 5.41) is 5.20. The van der Waals surface area contributed by atoms with Crippen molar-refractivity contribution in [3.8, 4) is 0 Å². The van der Waals surface area contributed by atoms with Crippen molar-refractivity contribution >= 4 is 23.6 Å². The number of ether oxygens (including phenoxy) is 1. The van der Waals surface area contributed by atoms with Crippen LogP contribution in [0.15, 0.2) is 30.3 Å². The topological polar surface area (TPSA) is 87.7 Å². The number of para-hydroxylation sites is 1. The minimum absolute atomic E-state index is 0.182. The largest absolute Gasteiger partial charge is 0.454 e. The predicted octanol–water partition coefficient (Wildman–Crippen LogP) is 1.46. The summed E-state index contributed by atoms with van der Waals surface area (Å²) >= 11 is 0. The van der Waals surface area contributed by atoms with E-state index in [9.17, 15) is 14.4 Å². The zero-order chi connectivity index (χ0) is 17.4. The summed E-state index contributed by atoms with van der Waals surface area (Å²) in [5.74, 6) is -1.15. The molecule has 0 aliphatic heterocycles. The fourth-order valence-corrected chi connectivity index (χ4v) is 1.68. The first-order valence-corrected chi connectivity index (χ1v) is 7.30. The Morgan fingerprint density at radius 2 is 1.74 bits per heavy atom. The van der Waals surface area contributed by atoms with Crippen molar-refractivity contribution in [2.24, 2.45) is 5.92 Å². The van der Waals surface area contributed by atoms with E-state index in [2.05, 4.69) is 10.6 Å². The van der Waals surface area contributed by atoms with Gasteiger partial charge in [0.05, 0.1) is 0 Å². The molecule has 2 N–H and O–H groups in total. The fourth-order valence-electron chi connectivity index (χ4n) is 1.68. The fraction of sp³-hybridized carbons (Fsp3) is 0.438. The van der Waals surface area contributed by atoms with Gasteiger partial charge in [-0.15, -0.1) is 0 Å². The molecule has 0 radical (unpaired) electrons. The summed E-state index contributed by atoms with van der Waals surface area (Å²) in [7, 11) is 3.14. The van der Waals surface area contributed by atoms with Crippen molar-refractivity contribution in [3.05, 3.63) is 30.3 Å². The lowest BCUT2D eigenvalue weighted by Gasteiger charge is -2.21. The Morgan fingerprint density at radius 3 is 2.26 bits per heavy atom. The van der Waals surface area contributed by atoms with E-state index in [0.29, 0.717) is 5.69 Å². The van der Waals surface area contributed by atoms with E-state index >= 15 is 0 Å². The minimum atomic E-state index is -0.839. The summed E-state index contributed by atoms with van der Waals surface area (Å²) in [5.41, 5.74) is 0.614. The highest BCUT2D eigenvalue weighted by Gasteiger charge is 2.26. The van der Waals surface area contributed by atoms with Crippen LogP contribution in [0.3, 0.4) is 0 Å². The lowest BCUT2D eigenvalue weighted by Crippen LogP contribution is -2.47. The summed E-state index contributed by atoms with van der Waals surface area (Å²) in [6.45, 7) is 3.21. The normalized spacial score (nSPS) is 11.5. The molecule has 1 aromatic rings. The summed E-state index contributed by atoms with van der Waals surface area (Å²) in [6.07, 6.45) is 0. The van der Waals surface area contributed by atoms with E-state index in [1.165, 1.54) is 4.90 Å². The molecule has 126 valence electrons. The Bertz CT molecular complexity index is 544. The van der Waals surface area contributed by atoms with E-state index in [0.717, 1.165) is 0 Å². The number of nitrogens with zero attached hydrogens (tertiary/aromatic N) is 1. The van der Waals surface area contributed by atoms with Gasteiger partial charge in [-0.05, 0) is 18.1 Å². The maximum Gasteiger partial charge on any atom is 0.329 e. The van der Waals surface area contributed by atoms with Gasteiger partial charge in [0, 0.05) is 19.8 Å². The number of rotatable bonds is 6. The smallest absolute Gasteiger partial charge is 0.329 e. The molecule has 0 fully saturated rings. The first-order valence-electron chi connectivity index (χ1n) is 7.30. The number of amides is 3. The molecule has 7 nitrogen and oxygen atoms in total. The van der Waals surface area contributed by atoms with Gasteiger partial charge < -0.3 is 20.3 Å². The second-order valence-corrected chi connectivity index (χ2v) is 5.58. The molecular weight excluding hydrogens is 298 g/mol. The zero-order valence-corrected chi connectivity index (χ0v) is 13.8. The highest BCUT2D eigenvalue weighted by molar-refractivity contribution is 5.93. The first kappa shape index (κ1) is 18.5. The van der Waals surface area contributed by atoms with Crippen molar-refractivity contribution in [1.82, 2.24) is 10.2 Å². The van der Waals surface area contributed by atoms with E-state index < -0.39 is 18.0 Å². The van der Waals surface area contributed by atoms with Gasteiger partial charge in [0.1, 0.15) is 6.04 Å². The third kappa shape index (κ3) is 6.37. The van der Waals surface area contributed by atoms with Crippen LogP contribution in [0, 0.1) is 5.92 Å². The third-order valence-corrected chi connectivity index (χ3v) is 3.08. The lowest BCUT2D eigenvalue weighted by molar-refractivity contribution is -0.153. The van der Waals surface area contributed by atoms with E-state index in [-0.39, 0.29) is 18.4 Å². The number of hydrogen-bond donors (Lipinski definition) is 2. The number of carbonyl (C=O) groups excluding carboxylic acids is 3. The SMILES string of the molecule is CC(C)[C@H](NC(=O)Nc1ccccc1)C(=O)OCC(=O)N(C)C. The quantitative estimate of drug-likeness (QED) is 0.777. The predicted molar refractivity (Wildman–Crippen MR) is 86.9 cm³/mol. The van der Waals surface area contributed by atoms with Crippen molar-refractivity contribution in [3.63, 3.8) is 0 Å². The highest BCUT2D eigenvalue weighted by atomic mass is 16.5. The van der Waals surface area contributed by atoms with Gasteiger partial charge >= 0.3 is 12.0 Å². The van der Waals surface area contributed by atoms with Crippen LogP contribution in [0.1, 0.15) is 13.8 Å². The van der Waals surface area contributed by atoms with Crippen LogP contribution in [-0.2, 0) is 14.3 Å². The number of esters is 1. The monoisotopic (exact) mass is 321 g/mol.